The molecular formula is C30H32N2O. The van der Waals surface area contributed by atoms with Gasteiger partial charge in [0.05, 0.1) is 17.3 Å². The predicted octanol–water partition coefficient (Wildman–Crippen LogP) is 7.07. The standard InChI is InChI=1S/C30H32N2O/c1-32(23-11-3-2-4-12-23)30(33)27-16-8-15-26-24-13-7-14-25(24)28(31-29(26)27)22-18-17-20-9-5-6-10-21(20)19-22/h5-10,13,15-19,23-25,28,31H,2-4,11-12,14H2,1H3. The molecule has 3 aromatic carbocycles. The topological polar surface area (TPSA) is 32.3 Å². The Morgan fingerprint density at radius 2 is 1.76 bits per heavy atom. The van der Waals surface area contributed by atoms with Crippen molar-refractivity contribution in [3.05, 3.63) is 89.5 Å². The molecule has 0 spiro atoms. The molecule has 3 aromatic rings. The van der Waals surface area contributed by atoms with E-state index in [0.717, 1.165) is 30.5 Å². The summed E-state index contributed by atoms with van der Waals surface area (Å²) >= 11 is 0. The second kappa shape index (κ2) is 8.37. The Morgan fingerprint density at radius 3 is 2.61 bits per heavy atom. The molecule has 3 heteroatoms. The Balaban J connectivity index is 1.39. The number of anilines is 1. The quantitative estimate of drug-likeness (QED) is 0.445. The molecule has 0 radical (unpaired) electrons. The number of hydrogen-bond donors (Lipinski definition) is 1. The summed E-state index contributed by atoms with van der Waals surface area (Å²) in [5.74, 6) is 0.981. The molecule has 1 aliphatic heterocycles. The maximum atomic E-state index is 13.7. The van der Waals surface area contributed by atoms with Gasteiger partial charge in [0.25, 0.3) is 5.91 Å². The molecule has 1 N–H and O–H groups in total. The highest BCUT2D eigenvalue weighted by Gasteiger charge is 2.39. The van der Waals surface area contributed by atoms with Crippen LogP contribution in [0.2, 0.25) is 0 Å². The number of allylic oxidation sites excluding steroid dienone is 2. The van der Waals surface area contributed by atoms with Crippen molar-refractivity contribution in [3.63, 3.8) is 0 Å². The highest BCUT2D eigenvalue weighted by Crippen LogP contribution is 2.51. The highest BCUT2D eigenvalue weighted by atomic mass is 16.2. The van der Waals surface area contributed by atoms with Gasteiger partial charge in [0.2, 0.25) is 0 Å². The van der Waals surface area contributed by atoms with Gasteiger partial charge in [0.15, 0.2) is 0 Å². The maximum absolute atomic E-state index is 13.7. The second-order valence-electron chi connectivity index (χ2n) is 10.1. The van der Waals surface area contributed by atoms with E-state index in [1.54, 1.807) is 0 Å². The number of amides is 1. The monoisotopic (exact) mass is 436 g/mol. The van der Waals surface area contributed by atoms with Crippen LogP contribution in [0.15, 0.2) is 72.8 Å². The summed E-state index contributed by atoms with van der Waals surface area (Å²) in [4.78, 5) is 15.7. The van der Waals surface area contributed by atoms with Crippen LogP contribution in [0, 0.1) is 5.92 Å². The Kier molecular flexibility index (Phi) is 5.21. The molecule has 0 aromatic heterocycles. The van der Waals surface area contributed by atoms with Gasteiger partial charge >= 0.3 is 0 Å². The lowest BCUT2D eigenvalue weighted by atomic mass is 9.76. The van der Waals surface area contributed by atoms with Gasteiger partial charge in [0, 0.05) is 19.0 Å². The van der Waals surface area contributed by atoms with Crippen molar-refractivity contribution in [2.75, 3.05) is 12.4 Å². The first kappa shape index (κ1) is 20.5. The van der Waals surface area contributed by atoms with E-state index in [0.29, 0.717) is 17.9 Å². The van der Waals surface area contributed by atoms with Gasteiger partial charge in [0.1, 0.15) is 0 Å². The summed E-state index contributed by atoms with van der Waals surface area (Å²) in [6, 6.07) is 22.2. The van der Waals surface area contributed by atoms with Crippen LogP contribution in [0.1, 0.15) is 72.0 Å². The molecule has 6 rings (SSSR count). The Labute approximate surface area is 196 Å². The molecule has 1 heterocycles. The molecule has 168 valence electrons. The largest absolute Gasteiger partial charge is 0.377 e. The van der Waals surface area contributed by atoms with E-state index in [4.69, 9.17) is 0 Å². The fourth-order valence-electron chi connectivity index (χ4n) is 6.36. The van der Waals surface area contributed by atoms with Crippen LogP contribution in [0.5, 0.6) is 0 Å². The molecule has 3 unspecified atom stereocenters. The SMILES string of the molecule is CN(C(=O)c1cccc2c1NC(c1ccc3ccccc3c1)C1CC=CC21)C1CCCCC1. The average molecular weight is 437 g/mol. The first-order chi connectivity index (χ1) is 16.2. The number of carbonyl (C=O) groups is 1. The van der Waals surface area contributed by atoms with Crippen LogP contribution >= 0.6 is 0 Å². The third-order valence-corrected chi connectivity index (χ3v) is 8.20. The first-order valence-corrected chi connectivity index (χ1v) is 12.5. The Morgan fingerprint density at radius 1 is 0.939 bits per heavy atom. The number of rotatable bonds is 3. The number of fused-ring (bicyclic) bond motifs is 4. The average Bonchev–Trinajstić information content (AvgIpc) is 3.38. The van der Waals surface area contributed by atoms with Crippen LogP contribution in [0.25, 0.3) is 10.8 Å². The smallest absolute Gasteiger partial charge is 0.255 e. The van der Waals surface area contributed by atoms with Gasteiger partial charge in [-0.05, 0) is 59.2 Å². The van der Waals surface area contributed by atoms with Crippen molar-refractivity contribution >= 4 is 22.4 Å². The minimum absolute atomic E-state index is 0.156. The van der Waals surface area contributed by atoms with Crippen LogP contribution in [0.3, 0.4) is 0 Å². The lowest BCUT2D eigenvalue weighted by Gasteiger charge is -2.39. The zero-order chi connectivity index (χ0) is 22.4. The molecule has 0 bridgehead atoms. The molecule has 3 atom stereocenters. The van der Waals surface area contributed by atoms with Crippen molar-refractivity contribution in [2.24, 2.45) is 5.92 Å². The normalized spacial score (nSPS) is 24.2. The molecule has 1 fully saturated rings. The maximum Gasteiger partial charge on any atom is 0.255 e. The van der Waals surface area contributed by atoms with Gasteiger partial charge in [-0.25, -0.2) is 0 Å². The molecule has 1 amide bonds. The van der Waals surface area contributed by atoms with Gasteiger partial charge in [-0.2, -0.15) is 0 Å². The molecule has 1 saturated carbocycles. The Bertz CT molecular complexity index is 1220. The van der Waals surface area contributed by atoms with Crippen molar-refractivity contribution in [1.82, 2.24) is 4.90 Å². The van der Waals surface area contributed by atoms with Crippen LogP contribution in [-0.4, -0.2) is 23.9 Å². The van der Waals surface area contributed by atoms with Crippen molar-refractivity contribution < 1.29 is 4.79 Å². The van der Waals surface area contributed by atoms with E-state index >= 15 is 0 Å². The highest BCUT2D eigenvalue weighted by molar-refractivity contribution is 6.01. The van der Waals surface area contributed by atoms with E-state index < -0.39 is 0 Å². The summed E-state index contributed by atoms with van der Waals surface area (Å²) in [6.45, 7) is 0. The Hall–Kier alpha value is -3.07. The second-order valence-corrected chi connectivity index (χ2v) is 10.1. The summed E-state index contributed by atoms with van der Waals surface area (Å²) < 4.78 is 0. The molecule has 3 aliphatic rings. The van der Waals surface area contributed by atoms with Crippen LogP contribution in [0.4, 0.5) is 5.69 Å². The number of benzene rings is 3. The predicted molar refractivity (Wildman–Crippen MR) is 136 cm³/mol. The third-order valence-electron chi connectivity index (χ3n) is 8.20. The zero-order valence-corrected chi connectivity index (χ0v) is 19.3. The van der Waals surface area contributed by atoms with E-state index in [2.05, 4.69) is 72.1 Å². The first-order valence-electron chi connectivity index (χ1n) is 12.5. The minimum Gasteiger partial charge on any atom is -0.377 e. The molecular weight excluding hydrogens is 404 g/mol. The summed E-state index contributed by atoms with van der Waals surface area (Å²) in [5.41, 5.74) is 4.44. The summed E-state index contributed by atoms with van der Waals surface area (Å²) in [7, 11) is 2.00. The zero-order valence-electron chi connectivity index (χ0n) is 19.3. The molecule has 3 nitrogen and oxygen atoms in total. The van der Waals surface area contributed by atoms with Crippen molar-refractivity contribution in [1.29, 1.82) is 0 Å². The van der Waals surface area contributed by atoms with Crippen molar-refractivity contribution in [2.45, 2.75) is 56.5 Å². The number of nitrogens with zero attached hydrogens (tertiary/aromatic N) is 1. The lowest BCUT2D eigenvalue weighted by Crippen LogP contribution is -2.39. The fourth-order valence-corrected chi connectivity index (χ4v) is 6.36. The van der Waals surface area contributed by atoms with Gasteiger partial charge in [-0.3, -0.25) is 4.79 Å². The number of para-hydroxylation sites is 1. The van der Waals surface area contributed by atoms with Gasteiger partial charge in [-0.1, -0.05) is 79.9 Å². The van der Waals surface area contributed by atoms with E-state index in [9.17, 15) is 4.79 Å². The molecule has 33 heavy (non-hydrogen) atoms. The third kappa shape index (κ3) is 3.55. The number of carbonyl (C=O) groups excluding carboxylic acids is 1. The van der Waals surface area contributed by atoms with Crippen LogP contribution < -0.4 is 5.32 Å². The van der Waals surface area contributed by atoms with Gasteiger partial charge < -0.3 is 10.2 Å². The van der Waals surface area contributed by atoms with E-state index in [-0.39, 0.29) is 11.9 Å². The lowest BCUT2D eigenvalue weighted by molar-refractivity contribution is 0.0697. The van der Waals surface area contributed by atoms with E-state index in [1.807, 2.05) is 18.0 Å². The molecule has 2 aliphatic carbocycles. The minimum atomic E-state index is 0.156. The number of hydrogen-bond acceptors (Lipinski definition) is 2. The molecule has 0 saturated heterocycles. The van der Waals surface area contributed by atoms with Gasteiger partial charge in [-0.15, -0.1) is 0 Å². The summed E-state index contributed by atoms with van der Waals surface area (Å²) in [5, 5.41) is 6.41. The number of nitrogens with one attached hydrogen (secondary N) is 1. The fraction of sp³-hybridized carbons (Fsp3) is 0.367. The summed E-state index contributed by atoms with van der Waals surface area (Å²) in [6.07, 6.45) is 11.7. The van der Waals surface area contributed by atoms with E-state index in [1.165, 1.54) is 41.2 Å². The van der Waals surface area contributed by atoms with Crippen molar-refractivity contribution in [3.8, 4) is 0 Å². The van der Waals surface area contributed by atoms with Crippen LogP contribution in [-0.2, 0) is 0 Å².